The zero-order valence-corrected chi connectivity index (χ0v) is 20.9. The zero-order valence-electron chi connectivity index (χ0n) is 20.9. The molecule has 3 atom stereocenters. The highest BCUT2D eigenvalue weighted by Gasteiger charge is 2.33. The summed E-state index contributed by atoms with van der Waals surface area (Å²) in [5.74, 6) is -0.125. The number of ether oxygens (including phenoxy) is 4. The van der Waals surface area contributed by atoms with Crippen molar-refractivity contribution in [3.05, 3.63) is 41.5 Å². The maximum atomic E-state index is 11.7. The summed E-state index contributed by atoms with van der Waals surface area (Å²) in [5, 5.41) is 30.7. The van der Waals surface area contributed by atoms with Gasteiger partial charge >= 0.3 is 5.97 Å². The van der Waals surface area contributed by atoms with Gasteiger partial charge in [-0.05, 0) is 73.9 Å². The Morgan fingerprint density at radius 2 is 1.75 bits per heavy atom. The summed E-state index contributed by atoms with van der Waals surface area (Å²) in [5.41, 5.74) is 1.66. The summed E-state index contributed by atoms with van der Waals surface area (Å²) in [7, 11) is 1.51. The summed E-state index contributed by atoms with van der Waals surface area (Å²) in [6, 6.07) is 8.46. The second-order valence-corrected chi connectivity index (χ2v) is 9.76. The molecule has 0 aromatic heterocycles. The van der Waals surface area contributed by atoms with Crippen molar-refractivity contribution in [2.45, 2.75) is 89.1 Å². The molecule has 2 aromatic rings. The lowest BCUT2D eigenvalue weighted by atomic mass is 9.92. The highest BCUT2D eigenvalue weighted by molar-refractivity contribution is 5.66. The van der Waals surface area contributed by atoms with Crippen LogP contribution in [0.15, 0.2) is 30.3 Å². The Morgan fingerprint density at radius 1 is 0.972 bits per heavy atom. The van der Waals surface area contributed by atoms with Crippen LogP contribution in [0.5, 0.6) is 28.7 Å². The smallest absolute Gasteiger partial charge is 0.302 e. The number of phenolic OH excluding ortho intramolecular Hbond substituents is 3. The first kappa shape index (κ1) is 25.9. The average molecular weight is 501 g/mol. The largest absolute Gasteiger partial charge is 0.504 e. The lowest BCUT2D eigenvalue weighted by molar-refractivity contribution is -0.160. The van der Waals surface area contributed by atoms with Crippen molar-refractivity contribution in [3.63, 3.8) is 0 Å². The molecule has 2 aromatic carbocycles. The number of methoxy groups -OCH3 is 1. The van der Waals surface area contributed by atoms with Crippen molar-refractivity contribution in [2.24, 2.45) is 0 Å². The number of benzene rings is 2. The maximum Gasteiger partial charge on any atom is 0.302 e. The molecule has 196 valence electrons. The first-order chi connectivity index (χ1) is 17.3. The molecule has 8 nitrogen and oxygen atoms in total. The average Bonchev–Trinajstić information content (AvgIpc) is 2.86. The molecule has 2 fully saturated rings. The normalized spacial score (nSPS) is 22.7. The van der Waals surface area contributed by atoms with Gasteiger partial charge in [0, 0.05) is 19.8 Å². The third kappa shape index (κ3) is 6.55. The molecular formula is C28H36O8. The van der Waals surface area contributed by atoms with E-state index in [4.69, 9.17) is 18.9 Å². The molecule has 3 unspecified atom stereocenters. The fourth-order valence-corrected chi connectivity index (χ4v) is 5.16. The number of carbonyl (C=O) groups excluding carboxylic acids is 1. The predicted octanol–water partition coefficient (Wildman–Crippen LogP) is 5.31. The minimum atomic E-state index is -0.442. The van der Waals surface area contributed by atoms with E-state index in [2.05, 4.69) is 0 Å². The van der Waals surface area contributed by atoms with Crippen LogP contribution < -0.4 is 9.47 Å². The first-order valence-corrected chi connectivity index (χ1v) is 12.7. The molecule has 2 aliphatic rings. The van der Waals surface area contributed by atoms with E-state index >= 15 is 0 Å². The van der Waals surface area contributed by atoms with Crippen molar-refractivity contribution in [2.75, 3.05) is 7.11 Å². The van der Waals surface area contributed by atoms with E-state index in [-0.39, 0.29) is 47.3 Å². The second kappa shape index (κ2) is 11.7. The van der Waals surface area contributed by atoms with Crippen molar-refractivity contribution in [1.82, 2.24) is 0 Å². The Hall–Kier alpha value is -3.13. The number of phenols is 3. The molecule has 4 rings (SSSR count). The van der Waals surface area contributed by atoms with Crippen LogP contribution >= 0.6 is 0 Å². The lowest BCUT2D eigenvalue weighted by Crippen LogP contribution is -2.34. The minimum Gasteiger partial charge on any atom is -0.504 e. The van der Waals surface area contributed by atoms with Crippen molar-refractivity contribution >= 4 is 5.97 Å². The number of hydrogen-bond donors (Lipinski definition) is 3. The fraction of sp³-hybridized carbons (Fsp3) is 0.536. The third-order valence-corrected chi connectivity index (χ3v) is 6.99. The molecule has 8 heteroatoms. The maximum absolute atomic E-state index is 11.7. The fourth-order valence-electron chi connectivity index (χ4n) is 5.16. The molecule has 0 spiro atoms. The summed E-state index contributed by atoms with van der Waals surface area (Å²) in [6.45, 7) is 1.39. The van der Waals surface area contributed by atoms with Crippen LogP contribution in [0, 0.1) is 0 Å². The molecule has 1 aliphatic carbocycles. The van der Waals surface area contributed by atoms with Crippen LogP contribution in [0.3, 0.4) is 0 Å². The molecule has 1 saturated carbocycles. The Kier molecular flexibility index (Phi) is 8.46. The van der Waals surface area contributed by atoms with Gasteiger partial charge in [0.25, 0.3) is 0 Å². The predicted molar refractivity (Wildman–Crippen MR) is 133 cm³/mol. The highest BCUT2D eigenvalue weighted by Crippen LogP contribution is 2.43. The Morgan fingerprint density at radius 3 is 2.47 bits per heavy atom. The lowest BCUT2D eigenvalue weighted by Gasteiger charge is -2.35. The van der Waals surface area contributed by atoms with Crippen LogP contribution in [0.2, 0.25) is 0 Å². The van der Waals surface area contributed by atoms with Gasteiger partial charge in [0.15, 0.2) is 23.0 Å². The van der Waals surface area contributed by atoms with Crippen LogP contribution in [0.1, 0.15) is 75.5 Å². The van der Waals surface area contributed by atoms with Gasteiger partial charge in [0.1, 0.15) is 6.10 Å². The number of rotatable bonds is 8. The monoisotopic (exact) mass is 500 g/mol. The molecule has 0 bridgehead atoms. The molecular weight excluding hydrogens is 464 g/mol. The first-order valence-electron chi connectivity index (χ1n) is 12.7. The van der Waals surface area contributed by atoms with Crippen LogP contribution in [0.4, 0.5) is 0 Å². The van der Waals surface area contributed by atoms with Crippen molar-refractivity contribution in [3.8, 4) is 28.7 Å². The quantitative estimate of drug-likeness (QED) is 0.330. The molecule has 36 heavy (non-hydrogen) atoms. The summed E-state index contributed by atoms with van der Waals surface area (Å²) in [6.07, 6.45) is 6.56. The summed E-state index contributed by atoms with van der Waals surface area (Å²) >= 11 is 0. The van der Waals surface area contributed by atoms with E-state index in [0.717, 1.165) is 31.2 Å². The Labute approximate surface area is 211 Å². The van der Waals surface area contributed by atoms with Gasteiger partial charge in [-0.15, -0.1) is 0 Å². The number of aromatic hydroxyl groups is 3. The highest BCUT2D eigenvalue weighted by atomic mass is 16.6. The molecule has 0 amide bonds. The number of hydrogen-bond acceptors (Lipinski definition) is 8. The molecule has 1 saturated heterocycles. The zero-order chi connectivity index (χ0) is 25.7. The third-order valence-electron chi connectivity index (χ3n) is 6.99. The Bertz CT molecular complexity index is 1050. The van der Waals surface area contributed by atoms with E-state index in [1.807, 2.05) is 6.07 Å². The van der Waals surface area contributed by atoms with E-state index < -0.39 is 6.10 Å². The summed E-state index contributed by atoms with van der Waals surface area (Å²) < 4.78 is 23.2. The van der Waals surface area contributed by atoms with Gasteiger partial charge in [0.2, 0.25) is 5.75 Å². The van der Waals surface area contributed by atoms with E-state index in [1.54, 1.807) is 18.2 Å². The SMILES string of the molecule is COc1cc(CCC2CC(OC(C)=O)CC(c3cc(O)c(O)c(OC4CCCCC4)c3)O2)ccc1O. The molecule has 3 N–H and O–H groups in total. The van der Waals surface area contributed by atoms with Crippen molar-refractivity contribution < 1.29 is 39.1 Å². The Balaban J connectivity index is 1.51. The molecule has 1 heterocycles. The molecule has 0 radical (unpaired) electrons. The standard InChI is InChI=1S/C28H36O8/c1-17(29)34-22-15-21(10-8-18-9-11-23(30)26(12-18)33-2)36-25(16-22)19-13-24(31)28(32)27(14-19)35-20-6-4-3-5-7-20/h9,11-14,20-22,25,30-32H,3-8,10,15-16H2,1-2H3. The van der Waals surface area contributed by atoms with Gasteiger partial charge < -0.3 is 34.3 Å². The number of carbonyl (C=O) groups is 1. The number of esters is 1. The van der Waals surface area contributed by atoms with Crippen molar-refractivity contribution in [1.29, 1.82) is 0 Å². The van der Waals surface area contributed by atoms with Gasteiger partial charge in [-0.2, -0.15) is 0 Å². The van der Waals surface area contributed by atoms with E-state index in [0.29, 0.717) is 37.0 Å². The van der Waals surface area contributed by atoms with Gasteiger partial charge in [-0.1, -0.05) is 12.5 Å². The summed E-state index contributed by atoms with van der Waals surface area (Å²) in [4.78, 5) is 11.7. The van der Waals surface area contributed by atoms with E-state index in [9.17, 15) is 20.1 Å². The van der Waals surface area contributed by atoms with Crippen LogP contribution in [-0.4, -0.2) is 46.7 Å². The van der Waals surface area contributed by atoms with Crippen LogP contribution in [-0.2, 0) is 20.7 Å². The topological polar surface area (TPSA) is 115 Å². The van der Waals surface area contributed by atoms with Gasteiger partial charge in [-0.25, -0.2) is 0 Å². The number of aryl methyl sites for hydroxylation is 1. The van der Waals surface area contributed by atoms with E-state index in [1.165, 1.54) is 26.5 Å². The minimum absolute atomic E-state index is 0.00965. The molecule has 1 aliphatic heterocycles. The van der Waals surface area contributed by atoms with Gasteiger partial charge in [0.05, 0.1) is 25.4 Å². The second-order valence-electron chi connectivity index (χ2n) is 9.76. The van der Waals surface area contributed by atoms with Crippen LogP contribution in [0.25, 0.3) is 0 Å². The van der Waals surface area contributed by atoms with Gasteiger partial charge in [-0.3, -0.25) is 4.79 Å².